The number of nitrogens with one attached hydrogen (secondary N) is 2. The second-order valence-corrected chi connectivity index (χ2v) is 4.12. The van der Waals surface area contributed by atoms with Gasteiger partial charge in [-0.15, -0.1) is 0 Å². The molecular formula is C10H12ClN3O2S. The van der Waals surface area contributed by atoms with E-state index in [0.29, 0.717) is 10.8 Å². The Morgan fingerprint density at radius 2 is 2.29 bits per heavy atom. The molecule has 0 saturated carbocycles. The van der Waals surface area contributed by atoms with Gasteiger partial charge in [0.25, 0.3) is 5.69 Å². The number of hydrogen-bond acceptors (Lipinski definition) is 3. The van der Waals surface area contributed by atoms with Gasteiger partial charge < -0.3 is 10.6 Å². The molecule has 0 aromatic heterocycles. The summed E-state index contributed by atoms with van der Waals surface area (Å²) in [6.07, 6.45) is 0.954. The van der Waals surface area contributed by atoms with Crippen molar-refractivity contribution in [1.82, 2.24) is 5.32 Å². The monoisotopic (exact) mass is 273 g/mol. The van der Waals surface area contributed by atoms with E-state index in [1.54, 1.807) is 0 Å². The van der Waals surface area contributed by atoms with E-state index in [9.17, 15) is 10.1 Å². The zero-order valence-corrected chi connectivity index (χ0v) is 10.8. The number of hydrogen-bond donors (Lipinski definition) is 2. The average molecular weight is 274 g/mol. The smallest absolute Gasteiger partial charge is 0.271 e. The Labute approximate surface area is 109 Å². The second-order valence-electron chi connectivity index (χ2n) is 3.30. The van der Waals surface area contributed by atoms with E-state index < -0.39 is 4.92 Å². The van der Waals surface area contributed by atoms with Gasteiger partial charge in [-0.2, -0.15) is 0 Å². The molecule has 0 aliphatic rings. The summed E-state index contributed by atoms with van der Waals surface area (Å²) in [6.45, 7) is 2.78. The summed E-state index contributed by atoms with van der Waals surface area (Å²) in [5.74, 6) is 0. The molecule has 1 aromatic carbocycles. The lowest BCUT2D eigenvalue weighted by Gasteiger charge is -2.10. The Balaban J connectivity index is 2.72. The molecule has 0 saturated heterocycles. The Morgan fingerprint density at radius 3 is 2.82 bits per heavy atom. The Kier molecular flexibility index (Phi) is 5.11. The first-order valence-electron chi connectivity index (χ1n) is 5.03. The summed E-state index contributed by atoms with van der Waals surface area (Å²) in [4.78, 5) is 10.0. The SMILES string of the molecule is CCCNC(=S)Nc1ccc([N+](=O)[O-])cc1Cl. The molecule has 17 heavy (non-hydrogen) atoms. The highest BCUT2D eigenvalue weighted by Gasteiger charge is 2.09. The van der Waals surface area contributed by atoms with Crippen LogP contribution in [0.15, 0.2) is 18.2 Å². The molecule has 92 valence electrons. The van der Waals surface area contributed by atoms with Gasteiger partial charge in [-0.1, -0.05) is 18.5 Å². The van der Waals surface area contributed by atoms with Gasteiger partial charge in [0.1, 0.15) is 0 Å². The normalized spacial score (nSPS) is 9.76. The van der Waals surface area contributed by atoms with Gasteiger partial charge in [0.05, 0.1) is 15.6 Å². The third-order valence-electron chi connectivity index (χ3n) is 1.95. The summed E-state index contributed by atoms with van der Waals surface area (Å²) >= 11 is 10.9. The van der Waals surface area contributed by atoms with Crippen molar-refractivity contribution >= 4 is 40.3 Å². The van der Waals surface area contributed by atoms with Gasteiger partial charge in [0.15, 0.2) is 5.11 Å². The van der Waals surface area contributed by atoms with Crippen LogP contribution in [0, 0.1) is 10.1 Å². The fourth-order valence-corrected chi connectivity index (χ4v) is 1.56. The molecule has 0 radical (unpaired) electrons. The predicted octanol–water partition coefficient (Wildman–Crippen LogP) is 2.94. The number of anilines is 1. The minimum absolute atomic E-state index is 0.0482. The maximum absolute atomic E-state index is 10.5. The van der Waals surface area contributed by atoms with Crippen molar-refractivity contribution < 1.29 is 4.92 Å². The zero-order chi connectivity index (χ0) is 12.8. The van der Waals surface area contributed by atoms with E-state index in [-0.39, 0.29) is 10.7 Å². The lowest BCUT2D eigenvalue weighted by atomic mass is 10.3. The van der Waals surface area contributed by atoms with Gasteiger partial charge in [0.2, 0.25) is 0 Å². The molecule has 1 aromatic rings. The maximum Gasteiger partial charge on any atom is 0.271 e. The summed E-state index contributed by atoms with van der Waals surface area (Å²) in [5, 5.41) is 17.1. The molecule has 0 bridgehead atoms. The van der Waals surface area contributed by atoms with Crippen molar-refractivity contribution in [2.75, 3.05) is 11.9 Å². The van der Waals surface area contributed by atoms with Crippen molar-refractivity contribution in [3.8, 4) is 0 Å². The van der Waals surface area contributed by atoms with E-state index in [1.165, 1.54) is 18.2 Å². The van der Waals surface area contributed by atoms with E-state index >= 15 is 0 Å². The van der Waals surface area contributed by atoms with Gasteiger partial charge >= 0.3 is 0 Å². The first kappa shape index (κ1) is 13.7. The van der Waals surface area contributed by atoms with E-state index in [1.807, 2.05) is 6.92 Å². The molecule has 2 N–H and O–H groups in total. The molecule has 0 aliphatic carbocycles. The minimum atomic E-state index is -0.497. The number of nitro groups is 1. The standard InChI is InChI=1S/C10H12ClN3O2S/c1-2-5-12-10(17)13-9-4-3-7(14(15)16)6-8(9)11/h3-4,6H,2,5H2,1H3,(H2,12,13,17). The van der Waals surface area contributed by atoms with Crippen molar-refractivity contribution in [2.45, 2.75) is 13.3 Å². The fourth-order valence-electron chi connectivity index (χ4n) is 1.12. The van der Waals surface area contributed by atoms with Crippen molar-refractivity contribution in [3.05, 3.63) is 33.3 Å². The molecular weight excluding hydrogens is 262 g/mol. The highest BCUT2D eigenvalue weighted by molar-refractivity contribution is 7.80. The molecule has 7 heteroatoms. The number of thiocarbonyl (C=S) groups is 1. The molecule has 0 spiro atoms. The average Bonchev–Trinajstić information content (AvgIpc) is 2.28. The first-order valence-corrected chi connectivity index (χ1v) is 5.82. The van der Waals surface area contributed by atoms with Crippen LogP contribution in [0.3, 0.4) is 0 Å². The second kappa shape index (κ2) is 6.36. The summed E-state index contributed by atoms with van der Waals surface area (Å²) in [6, 6.07) is 4.18. The van der Waals surface area contributed by atoms with Crippen LogP contribution in [0.2, 0.25) is 5.02 Å². The lowest BCUT2D eigenvalue weighted by Crippen LogP contribution is -2.28. The third kappa shape index (κ3) is 4.16. The maximum atomic E-state index is 10.5. The summed E-state index contributed by atoms with van der Waals surface area (Å²) in [7, 11) is 0. The predicted molar refractivity (Wildman–Crippen MR) is 72.6 cm³/mol. The number of non-ortho nitro benzene ring substituents is 1. The van der Waals surface area contributed by atoms with Crippen LogP contribution < -0.4 is 10.6 Å². The molecule has 0 fully saturated rings. The van der Waals surface area contributed by atoms with Crippen LogP contribution in [0.1, 0.15) is 13.3 Å². The molecule has 1 rings (SSSR count). The highest BCUT2D eigenvalue weighted by Crippen LogP contribution is 2.26. The molecule has 0 atom stereocenters. The molecule has 0 heterocycles. The Hall–Kier alpha value is -1.40. The summed E-state index contributed by atoms with van der Waals surface area (Å²) in [5.41, 5.74) is 0.499. The molecule has 5 nitrogen and oxygen atoms in total. The largest absolute Gasteiger partial charge is 0.362 e. The van der Waals surface area contributed by atoms with Crippen molar-refractivity contribution in [3.63, 3.8) is 0 Å². The Bertz CT molecular complexity index is 440. The lowest BCUT2D eigenvalue weighted by molar-refractivity contribution is -0.384. The van der Waals surface area contributed by atoms with Gasteiger partial charge in [-0.3, -0.25) is 10.1 Å². The Morgan fingerprint density at radius 1 is 1.59 bits per heavy atom. The summed E-state index contributed by atoms with van der Waals surface area (Å²) < 4.78 is 0. The van der Waals surface area contributed by atoms with Gasteiger partial charge in [-0.05, 0) is 24.7 Å². The number of nitrogens with zero attached hydrogens (tertiary/aromatic N) is 1. The van der Waals surface area contributed by atoms with Crippen LogP contribution in [0.25, 0.3) is 0 Å². The van der Waals surface area contributed by atoms with Crippen molar-refractivity contribution in [1.29, 1.82) is 0 Å². The minimum Gasteiger partial charge on any atom is -0.362 e. The van der Waals surface area contributed by atoms with Crippen LogP contribution >= 0.6 is 23.8 Å². The van der Waals surface area contributed by atoms with Crippen LogP contribution in [-0.2, 0) is 0 Å². The van der Waals surface area contributed by atoms with E-state index in [2.05, 4.69) is 10.6 Å². The number of benzene rings is 1. The molecule has 0 amide bonds. The van der Waals surface area contributed by atoms with Crippen LogP contribution in [0.5, 0.6) is 0 Å². The van der Waals surface area contributed by atoms with Gasteiger partial charge in [0, 0.05) is 18.7 Å². The number of rotatable bonds is 4. The van der Waals surface area contributed by atoms with E-state index in [0.717, 1.165) is 13.0 Å². The molecule has 0 aliphatic heterocycles. The number of halogens is 1. The molecule has 0 unspecified atom stereocenters. The van der Waals surface area contributed by atoms with Crippen LogP contribution in [-0.4, -0.2) is 16.6 Å². The quantitative estimate of drug-likeness (QED) is 0.502. The third-order valence-corrected chi connectivity index (χ3v) is 2.51. The van der Waals surface area contributed by atoms with Crippen LogP contribution in [0.4, 0.5) is 11.4 Å². The number of nitro benzene ring substituents is 1. The highest BCUT2D eigenvalue weighted by atomic mass is 35.5. The fraction of sp³-hybridized carbons (Fsp3) is 0.300. The topological polar surface area (TPSA) is 67.2 Å². The first-order chi connectivity index (χ1) is 8.04. The zero-order valence-electron chi connectivity index (χ0n) is 9.20. The van der Waals surface area contributed by atoms with E-state index in [4.69, 9.17) is 23.8 Å². The van der Waals surface area contributed by atoms with Gasteiger partial charge in [-0.25, -0.2) is 0 Å². The van der Waals surface area contributed by atoms with Crippen molar-refractivity contribution in [2.24, 2.45) is 0 Å².